The van der Waals surface area contributed by atoms with Gasteiger partial charge in [-0.05, 0) is 11.8 Å². The van der Waals surface area contributed by atoms with Crippen molar-refractivity contribution >= 4 is 5.97 Å². The Hall–Kier alpha value is -0.570. The van der Waals surface area contributed by atoms with Crippen molar-refractivity contribution in [2.24, 2.45) is 11.3 Å². The molecule has 0 aromatic carbocycles. The molecule has 0 radical (unpaired) electrons. The van der Waals surface area contributed by atoms with Crippen molar-refractivity contribution in [1.29, 1.82) is 0 Å². The van der Waals surface area contributed by atoms with E-state index >= 15 is 0 Å². The number of unbranched alkanes of at least 4 members (excludes halogenated alkanes) is 2. The molecule has 0 aliphatic carbocycles. The van der Waals surface area contributed by atoms with Gasteiger partial charge in [0.2, 0.25) is 0 Å². The molecular weight excluding hydrogens is 178 g/mol. The molecule has 3 heteroatoms. The van der Waals surface area contributed by atoms with E-state index in [4.69, 9.17) is 5.11 Å². The largest absolute Gasteiger partial charge is 0.481 e. The van der Waals surface area contributed by atoms with Gasteiger partial charge in [0.25, 0.3) is 0 Å². The second-order valence-corrected chi connectivity index (χ2v) is 4.63. The van der Waals surface area contributed by atoms with E-state index in [2.05, 4.69) is 19.2 Å². The van der Waals surface area contributed by atoms with Gasteiger partial charge in [0.1, 0.15) is 0 Å². The molecule has 2 unspecified atom stereocenters. The summed E-state index contributed by atoms with van der Waals surface area (Å²) in [6, 6.07) is 0. The molecule has 1 aliphatic rings. The number of carboxylic acids is 1. The molecule has 1 rings (SSSR count). The van der Waals surface area contributed by atoms with Crippen molar-refractivity contribution in [1.82, 2.24) is 5.32 Å². The Morgan fingerprint density at radius 2 is 2.29 bits per heavy atom. The molecule has 14 heavy (non-hydrogen) atoms. The fourth-order valence-electron chi connectivity index (χ4n) is 2.30. The first kappa shape index (κ1) is 11.5. The average molecular weight is 199 g/mol. The maximum atomic E-state index is 11.0. The normalized spacial score (nSPS) is 32.0. The Kier molecular flexibility index (Phi) is 3.93. The smallest absolute Gasteiger partial charge is 0.308 e. The summed E-state index contributed by atoms with van der Waals surface area (Å²) in [6.45, 7) is 5.76. The van der Waals surface area contributed by atoms with E-state index in [1.807, 2.05) is 0 Å². The molecule has 82 valence electrons. The Morgan fingerprint density at radius 3 is 2.86 bits per heavy atom. The monoisotopic (exact) mass is 199 g/mol. The van der Waals surface area contributed by atoms with Crippen LogP contribution in [-0.2, 0) is 4.79 Å². The molecule has 1 aliphatic heterocycles. The standard InChI is InChI=1S/C11H21NO2/c1-3-4-5-6-11(2)8-12-7-9(11)10(13)14/h9,12H,3-8H2,1-2H3,(H,13,14). The molecule has 3 nitrogen and oxygen atoms in total. The lowest BCUT2D eigenvalue weighted by Crippen LogP contribution is -2.32. The number of rotatable bonds is 5. The summed E-state index contributed by atoms with van der Waals surface area (Å²) in [5.74, 6) is -0.839. The van der Waals surface area contributed by atoms with Gasteiger partial charge in [-0.25, -0.2) is 0 Å². The minimum absolute atomic E-state index is 0.0268. The molecule has 2 N–H and O–H groups in total. The minimum atomic E-state index is -0.644. The van der Waals surface area contributed by atoms with Crippen LogP contribution in [0, 0.1) is 11.3 Å². The Labute approximate surface area is 85.9 Å². The molecule has 1 heterocycles. The van der Waals surface area contributed by atoms with Crippen molar-refractivity contribution in [3.63, 3.8) is 0 Å². The van der Waals surface area contributed by atoms with Crippen molar-refractivity contribution < 1.29 is 9.90 Å². The van der Waals surface area contributed by atoms with Crippen LogP contribution in [0.4, 0.5) is 0 Å². The summed E-state index contributed by atoms with van der Waals surface area (Å²) in [5, 5.41) is 12.3. The molecule has 0 spiro atoms. The zero-order chi connectivity index (χ0) is 10.6. The second-order valence-electron chi connectivity index (χ2n) is 4.63. The molecule has 1 fully saturated rings. The lowest BCUT2D eigenvalue weighted by Gasteiger charge is -2.27. The maximum Gasteiger partial charge on any atom is 0.308 e. The van der Waals surface area contributed by atoms with Gasteiger partial charge in [-0.15, -0.1) is 0 Å². The highest BCUT2D eigenvalue weighted by molar-refractivity contribution is 5.71. The number of hydrogen-bond acceptors (Lipinski definition) is 2. The Bertz CT molecular complexity index is 205. The van der Waals surface area contributed by atoms with Gasteiger partial charge < -0.3 is 10.4 Å². The predicted molar refractivity (Wildman–Crippen MR) is 56.2 cm³/mol. The molecular formula is C11H21NO2. The van der Waals surface area contributed by atoms with Crippen molar-refractivity contribution in [3.05, 3.63) is 0 Å². The Balaban J connectivity index is 2.48. The van der Waals surface area contributed by atoms with Crippen LogP contribution in [0.15, 0.2) is 0 Å². The first-order valence-corrected chi connectivity index (χ1v) is 5.53. The summed E-state index contributed by atoms with van der Waals surface area (Å²) in [6.07, 6.45) is 4.59. The lowest BCUT2D eigenvalue weighted by atomic mass is 9.76. The van der Waals surface area contributed by atoms with Crippen LogP contribution in [0.3, 0.4) is 0 Å². The third-order valence-corrected chi connectivity index (χ3v) is 3.37. The second kappa shape index (κ2) is 4.78. The van der Waals surface area contributed by atoms with Crippen LogP contribution in [0.25, 0.3) is 0 Å². The zero-order valence-electron chi connectivity index (χ0n) is 9.18. The quantitative estimate of drug-likeness (QED) is 0.665. The molecule has 0 aromatic rings. The van der Waals surface area contributed by atoms with Gasteiger partial charge in [-0.3, -0.25) is 4.79 Å². The van der Waals surface area contributed by atoms with Crippen molar-refractivity contribution in [2.45, 2.75) is 39.5 Å². The van der Waals surface area contributed by atoms with Crippen LogP contribution >= 0.6 is 0 Å². The van der Waals surface area contributed by atoms with Gasteiger partial charge in [-0.2, -0.15) is 0 Å². The fourth-order valence-corrected chi connectivity index (χ4v) is 2.30. The van der Waals surface area contributed by atoms with Gasteiger partial charge in [0.05, 0.1) is 5.92 Å². The maximum absolute atomic E-state index is 11.0. The highest BCUT2D eigenvalue weighted by Crippen LogP contribution is 2.36. The highest BCUT2D eigenvalue weighted by Gasteiger charge is 2.42. The van der Waals surface area contributed by atoms with E-state index in [0.29, 0.717) is 6.54 Å². The van der Waals surface area contributed by atoms with E-state index in [0.717, 1.165) is 19.4 Å². The van der Waals surface area contributed by atoms with Crippen LogP contribution in [-0.4, -0.2) is 24.2 Å². The summed E-state index contributed by atoms with van der Waals surface area (Å²) in [7, 11) is 0. The van der Waals surface area contributed by atoms with Gasteiger partial charge in [0.15, 0.2) is 0 Å². The minimum Gasteiger partial charge on any atom is -0.481 e. The molecule has 0 amide bonds. The highest BCUT2D eigenvalue weighted by atomic mass is 16.4. The Morgan fingerprint density at radius 1 is 1.57 bits per heavy atom. The summed E-state index contributed by atoms with van der Waals surface area (Å²) < 4.78 is 0. The summed E-state index contributed by atoms with van der Waals surface area (Å²) in [5.41, 5.74) is -0.0268. The van der Waals surface area contributed by atoms with E-state index in [9.17, 15) is 4.79 Å². The molecule has 2 atom stereocenters. The van der Waals surface area contributed by atoms with Crippen LogP contribution in [0.1, 0.15) is 39.5 Å². The third kappa shape index (κ3) is 2.47. The van der Waals surface area contributed by atoms with Crippen molar-refractivity contribution in [2.75, 3.05) is 13.1 Å². The third-order valence-electron chi connectivity index (χ3n) is 3.37. The molecule has 0 aromatic heterocycles. The molecule has 0 bridgehead atoms. The van der Waals surface area contributed by atoms with E-state index in [-0.39, 0.29) is 11.3 Å². The fraction of sp³-hybridized carbons (Fsp3) is 0.909. The lowest BCUT2D eigenvalue weighted by molar-refractivity contribution is -0.144. The van der Waals surface area contributed by atoms with Gasteiger partial charge in [-0.1, -0.05) is 33.1 Å². The van der Waals surface area contributed by atoms with Crippen LogP contribution in [0.2, 0.25) is 0 Å². The van der Waals surface area contributed by atoms with Gasteiger partial charge >= 0.3 is 5.97 Å². The van der Waals surface area contributed by atoms with Gasteiger partial charge in [0, 0.05) is 13.1 Å². The SMILES string of the molecule is CCCCCC1(C)CNCC1C(=O)O. The summed E-state index contributed by atoms with van der Waals surface area (Å²) >= 11 is 0. The van der Waals surface area contributed by atoms with E-state index in [1.54, 1.807) is 0 Å². The topological polar surface area (TPSA) is 49.3 Å². The zero-order valence-corrected chi connectivity index (χ0v) is 9.18. The van der Waals surface area contributed by atoms with E-state index < -0.39 is 5.97 Å². The summed E-state index contributed by atoms with van der Waals surface area (Å²) in [4.78, 5) is 11.0. The van der Waals surface area contributed by atoms with E-state index in [1.165, 1.54) is 12.8 Å². The number of hydrogen-bond donors (Lipinski definition) is 2. The van der Waals surface area contributed by atoms with Crippen LogP contribution in [0.5, 0.6) is 0 Å². The molecule has 0 saturated carbocycles. The predicted octanol–water partition coefficient (Wildman–Crippen LogP) is 1.88. The first-order valence-electron chi connectivity index (χ1n) is 5.53. The number of carboxylic acid groups (broad SMARTS) is 1. The van der Waals surface area contributed by atoms with Crippen molar-refractivity contribution in [3.8, 4) is 0 Å². The van der Waals surface area contributed by atoms with Crippen LogP contribution < -0.4 is 5.32 Å². The average Bonchev–Trinajstić information content (AvgIpc) is 2.48. The first-order chi connectivity index (χ1) is 6.60. The number of carbonyl (C=O) groups is 1. The molecule has 1 saturated heterocycles. The number of nitrogens with one attached hydrogen (secondary N) is 1. The number of aliphatic carboxylic acids is 1.